The van der Waals surface area contributed by atoms with Gasteiger partial charge >= 0.3 is 23.9 Å². The van der Waals surface area contributed by atoms with Crippen molar-refractivity contribution in [3.05, 3.63) is 24.3 Å². The Labute approximate surface area is 118 Å². The number of hydrogen-bond donors (Lipinski definition) is 4. The third-order valence-corrected chi connectivity index (χ3v) is 1.33. The van der Waals surface area contributed by atoms with Crippen LogP contribution >= 0.6 is 0 Å². The minimum Gasteiger partial charge on any atom is -0.481 e. The average Bonchev–Trinajstić information content (AvgIpc) is 2.16. The van der Waals surface area contributed by atoms with Gasteiger partial charge in [-0.2, -0.15) is 0 Å². The molecule has 0 heterocycles. The van der Waals surface area contributed by atoms with Crippen molar-refractivity contribution in [1.29, 1.82) is 0 Å². The van der Waals surface area contributed by atoms with Gasteiger partial charge in [0.25, 0.3) is 0 Å². The molecule has 0 spiro atoms. The van der Waals surface area contributed by atoms with Crippen LogP contribution in [0.15, 0.2) is 24.3 Å². The first-order valence-electron chi connectivity index (χ1n) is 4.33. The molecule has 109 valence electrons. The smallest absolute Gasteiger partial charge is 0.331 e. The molecule has 0 aliphatic heterocycles. The van der Waals surface area contributed by atoms with Crippen LogP contribution in [-0.2, 0) is 36.0 Å². The second kappa shape index (κ2) is 11.0. The van der Waals surface area contributed by atoms with Gasteiger partial charge in [0, 0.05) is 27.9 Å². The van der Waals surface area contributed by atoms with E-state index in [0.29, 0.717) is 0 Å². The molecule has 0 fully saturated rings. The average molecular weight is 319 g/mol. The van der Waals surface area contributed by atoms with E-state index < -0.39 is 36.7 Å². The Morgan fingerprint density at radius 3 is 0.947 bits per heavy atom. The Bertz CT molecular complexity index is 360. The second-order valence-electron chi connectivity index (χ2n) is 2.96. The fourth-order valence-electron chi connectivity index (χ4n) is 0.516. The monoisotopic (exact) mass is 319 g/mol. The van der Waals surface area contributed by atoms with E-state index in [2.05, 4.69) is 13.2 Å². The van der Waals surface area contributed by atoms with E-state index >= 15 is 0 Å². The van der Waals surface area contributed by atoms with Gasteiger partial charge in [-0.15, -0.1) is 0 Å². The number of carbonyl (C=O) groups is 4. The van der Waals surface area contributed by atoms with Gasteiger partial charge in [-0.1, -0.05) is 13.2 Å². The molecular formula is C10H12CoO8. The SMILES string of the molecule is C=C(CC(=O)O)C(=O)O.C=C(CC(=O)O)C(=O)O.[Co]. The van der Waals surface area contributed by atoms with Crippen LogP contribution in [-0.4, -0.2) is 44.3 Å². The number of carboxylic acid groups (broad SMARTS) is 4. The van der Waals surface area contributed by atoms with Crippen LogP contribution in [0.4, 0.5) is 0 Å². The van der Waals surface area contributed by atoms with Crippen molar-refractivity contribution in [2.45, 2.75) is 12.8 Å². The first-order valence-corrected chi connectivity index (χ1v) is 4.33. The van der Waals surface area contributed by atoms with Gasteiger partial charge in [-0.3, -0.25) is 9.59 Å². The number of hydrogen-bond acceptors (Lipinski definition) is 4. The van der Waals surface area contributed by atoms with Crippen LogP contribution < -0.4 is 0 Å². The summed E-state index contributed by atoms with van der Waals surface area (Å²) >= 11 is 0. The Morgan fingerprint density at radius 2 is 0.895 bits per heavy atom. The van der Waals surface area contributed by atoms with Gasteiger partial charge < -0.3 is 20.4 Å². The van der Waals surface area contributed by atoms with Gasteiger partial charge in [0.1, 0.15) is 0 Å². The molecule has 4 N–H and O–H groups in total. The summed E-state index contributed by atoms with van der Waals surface area (Å²) < 4.78 is 0. The van der Waals surface area contributed by atoms with E-state index in [9.17, 15) is 19.2 Å². The number of aliphatic carboxylic acids is 4. The van der Waals surface area contributed by atoms with Crippen LogP contribution in [0.3, 0.4) is 0 Å². The van der Waals surface area contributed by atoms with Crippen molar-refractivity contribution in [2.24, 2.45) is 0 Å². The van der Waals surface area contributed by atoms with Crippen molar-refractivity contribution < 1.29 is 56.4 Å². The molecule has 9 heteroatoms. The largest absolute Gasteiger partial charge is 0.481 e. The molecule has 0 rings (SSSR count). The van der Waals surface area contributed by atoms with Gasteiger partial charge in [0.15, 0.2) is 0 Å². The van der Waals surface area contributed by atoms with E-state index in [4.69, 9.17) is 20.4 Å². The van der Waals surface area contributed by atoms with Gasteiger partial charge in [0.05, 0.1) is 12.8 Å². The molecule has 0 aliphatic rings. The van der Waals surface area contributed by atoms with E-state index in [1.165, 1.54) is 0 Å². The number of carboxylic acids is 4. The maximum absolute atomic E-state index is 9.87. The molecule has 0 aromatic carbocycles. The molecule has 1 radical (unpaired) electrons. The summed E-state index contributed by atoms with van der Waals surface area (Å²) in [4.78, 5) is 39.3. The predicted molar refractivity (Wildman–Crippen MR) is 58.1 cm³/mol. The molecular weight excluding hydrogens is 307 g/mol. The van der Waals surface area contributed by atoms with Crippen molar-refractivity contribution in [1.82, 2.24) is 0 Å². The summed E-state index contributed by atoms with van der Waals surface area (Å²) in [7, 11) is 0. The third-order valence-electron chi connectivity index (χ3n) is 1.33. The first-order chi connectivity index (χ1) is 8.07. The first kappa shape index (κ1) is 22.1. The molecule has 0 aromatic rings. The zero-order valence-corrected chi connectivity index (χ0v) is 10.6. The molecule has 0 amide bonds. The molecule has 0 unspecified atom stereocenters. The zero-order chi connectivity index (χ0) is 14.9. The third kappa shape index (κ3) is 15.9. The second-order valence-corrected chi connectivity index (χ2v) is 2.96. The van der Waals surface area contributed by atoms with Crippen LogP contribution in [0, 0.1) is 0 Å². The normalized spacial score (nSPS) is 8.00. The van der Waals surface area contributed by atoms with E-state index in [1.807, 2.05) is 0 Å². The van der Waals surface area contributed by atoms with E-state index in [0.717, 1.165) is 0 Å². The fourth-order valence-corrected chi connectivity index (χ4v) is 0.516. The van der Waals surface area contributed by atoms with Crippen molar-refractivity contribution in [2.75, 3.05) is 0 Å². The molecule has 0 bridgehead atoms. The van der Waals surface area contributed by atoms with Crippen LogP contribution in [0.2, 0.25) is 0 Å². The van der Waals surface area contributed by atoms with Crippen LogP contribution in [0.1, 0.15) is 12.8 Å². The van der Waals surface area contributed by atoms with Gasteiger partial charge in [-0.25, -0.2) is 9.59 Å². The quantitative estimate of drug-likeness (QED) is 0.507. The Balaban J connectivity index is -0.000000256. The van der Waals surface area contributed by atoms with Crippen LogP contribution in [0.25, 0.3) is 0 Å². The maximum atomic E-state index is 9.87. The molecule has 0 aromatic heterocycles. The van der Waals surface area contributed by atoms with Gasteiger partial charge in [-0.05, 0) is 0 Å². The summed E-state index contributed by atoms with van der Waals surface area (Å²) in [6.07, 6.45) is -1.01. The summed E-state index contributed by atoms with van der Waals surface area (Å²) in [6, 6.07) is 0. The Hall–Kier alpha value is -2.13. The standard InChI is InChI=1S/2C5H6O4.Co/c2*1-3(5(8)9)2-4(6)7;/h2*1-2H2,(H,6,7)(H,8,9);. The minimum absolute atomic E-state index is 0. The fraction of sp³-hybridized carbons (Fsp3) is 0.200. The molecule has 0 saturated carbocycles. The summed E-state index contributed by atoms with van der Waals surface area (Å²) in [5, 5.41) is 32.2. The molecule has 0 saturated heterocycles. The maximum Gasteiger partial charge on any atom is 0.331 e. The zero-order valence-electron chi connectivity index (χ0n) is 9.58. The summed E-state index contributed by atoms with van der Waals surface area (Å²) in [5.41, 5.74) is -0.606. The summed E-state index contributed by atoms with van der Waals surface area (Å²) in [6.45, 7) is 6.03. The Kier molecular flexibility index (Phi) is 12.8. The molecule has 0 atom stereocenters. The van der Waals surface area contributed by atoms with Crippen molar-refractivity contribution in [3.8, 4) is 0 Å². The summed E-state index contributed by atoms with van der Waals surface area (Å²) in [5.74, 6) is -4.89. The molecule has 8 nitrogen and oxygen atoms in total. The van der Waals surface area contributed by atoms with Crippen LogP contribution in [0.5, 0.6) is 0 Å². The minimum atomic E-state index is -1.27. The topological polar surface area (TPSA) is 149 Å². The Morgan fingerprint density at radius 1 is 0.684 bits per heavy atom. The van der Waals surface area contributed by atoms with E-state index in [-0.39, 0.29) is 27.9 Å². The van der Waals surface area contributed by atoms with Crippen molar-refractivity contribution in [3.63, 3.8) is 0 Å². The number of rotatable bonds is 6. The predicted octanol–water partition coefficient (Wildman–Crippen LogP) is 0.201. The molecule has 19 heavy (non-hydrogen) atoms. The molecule has 0 aliphatic carbocycles. The van der Waals surface area contributed by atoms with Gasteiger partial charge in [0.2, 0.25) is 0 Å². The van der Waals surface area contributed by atoms with Crippen molar-refractivity contribution >= 4 is 23.9 Å². The van der Waals surface area contributed by atoms with E-state index in [1.54, 1.807) is 0 Å².